The van der Waals surface area contributed by atoms with E-state index in [4.69, 9.17) is 11.6 Å². The molecular weight excluding hydrogens is 731 g/mol. The molecule has 1 atom stereocenters. The average Bonchev–Trinajstić information content (AvgIpc) is 3.05. The molecule has 0 aliphatic carbocycles. The number of alkyl halides is 3. The standard InChI is InChI=1S/C35H34BrClF3N3O4S/c1-3-19-41-34(45)32(20-25-7-5-4-6-8-25)42(22-26-11-13-27(36)14-12-26)33(44)23-43(48(46,47)29-16-9-24(2)10-17-29)28-15-18-31(37)30(21-28)35(38,39)40/h4-18,21,32H,3,19-20,22-23H2,1-2H3,(H,41,45)/t32-/m0/s1. The Morgan fingerprint density at radius 2 is 1.56 bits per heavy atom. The number of carbonyl (C=O) groups excluding carboxylic acids is 2. The smallest absolute Gasteiger partial charge is 0.354 e. The highest BCUT2D eigenvalue weighted by Gasteiger charge is 2.37. The van der Waals surface area contributed by atoms with Gasteiger partial charge in [-0.25, -0.2) is 8.42 Å². The Kier molecular flexibility index (Phi) is 12.3. The number of carbonyl (C=O) groups is 2. The Morgan fingerprint density at radius 1 is 0.917 bits per heavy atom. The van der Waals surface area contributed by atoms with Crippen molar-refractivity contribution < 1.29 is 31.2 Å². The van der Waals surface area contributed by atoms with E-state index in [1.165, 1.54) is 17.0 Å². The van der Waals surface area contributed by atoms with Crippen molar-refractivity contribution >= 4 is 55.1 Å². The van der Waals surface area contributed by atoms with Crippen molar-refractivity contribution in [1.82, 2.24) is 10.2 Å². The maximum atomic E-state index is 14.5. The maximum Gasteiger partial charge on any atom is 0.417 e. The summed E-state index contributed by atoms with van der Waals surface area (Å²) >= 11 is 9.27. The largest absolute Gasteiger partial charge is 0.417 e. The second-order valence-electron chi connectivity index (χ2n) is 11.1. The molecule has 7 nitrogen and oxygen atoms in total. The topological polar surface area (TPSA) is 86.8 Å². The third-order valence-electron chi connectivity index (χ3n) is 7.52. The number of sulfonamides is 1. The van der Waals surface area contributed by atoms with E-state index in [0.29, 0.717) is 28.9 Å². The monoisotopic (exact) mass is 763 g/mol. The molecule has 48 heavy (non-hydrogen) atoms. The normalized spacial score (nSPS) is 12.3. The molecule has 0 aliphatic heterocycles. The SMILES string of the molecule is CCCNC(=O)[C@H](Cc1ccccc1)N(Cc1ccc(Br)cc1)C(=O)CN(c1ccc(Cl)c(C(F)(F)F)c1)S(=O)(=O)c1ccc(C)cc1. The van der Waals surface area contributed by atoms with Crippen molar-refractivity contribution in [3.05, 3.63) is 129 Å². The van der Waals surface area contributed by atoms with Gasteiger partial charge in [-0.05, 0) is 66.9 Å². The van der Waals surface area contributed by atoms with Gasteiger partial charge in [-0.2, -0.15) is 13.2 Å². The maximum absolute atomic E-state index is 14.5. The van der Waals surface area contributed by atoms with E-state index in [-0.39, 0.29) is 17.9 Å². The van der Waals surface area contributed by atoms with Crippen LogP contribution in [-0.2, 0) is 38.8 Å². The molecule has 0 aliphatic rings. The Morgan fingerprint density at radius 3 is 2.17 bits per heavy atom. The molecule has 0 unspecified atom stereocenters. The van der Waals surface area contributed by atoms with Crippen LogP contribution < -0.4 is 9.62 Å². The van der Waals surface area contributed by atoms with Crippen LogP contribution in [0.4, 0.5) is 18.9 Å². The van der Waals surface area contributed by atoms with Crippen LogP contribution in [0, 0.1) is 6.92 Å². The first-order valence-electron chi connectivity index (χ1n) is 15.0. The molecule has 254 valence electrons. The fourth-order valence-electron chi connectivity index (χ4n) is 4.96. The number of aryl methyl sites for hydroxylation is 1. The molecule has 0 radical (unpaired) electrons. The van der Waals surface area contributed by atoms with Crippen LogP contribution in [0.5, 0.6) is 0 Å². The summed E-state index contributed by atoms with van der Waals surface area (Å²) in [6.07, 6.45) is -4.17. The Balaban J connectivity index is 1.85. The minimum Gasteiger partial charge on any atom is -0.354 e. The predicted octanol–water partition coefficient (Wildman–Crippen LogP) is 7.79. The van der Waals surface area contributed by atoms with Gasteiger partial charge in [0, 0.05) is 24.0 Å². The van der Waals surface area contributed by atoms with Crippen LogP contribution in [0.2, 0.25) is 5.02 Å². The van der Waals surface area contributed by atoms with Gasteiger partial charge in [0.2, 0.25) is 11.8 Å². The van der Waals surface area contributed by atoms with Gasteiger partial charge in [0.05, 0.1) is 21.2 Å². The molecule has 0 spiro atoms. The van der Waals surface area contributed by atoms with E-state index in [0.717, 1.165) is 27.7 Å². The number of nitrogens with one attached hydrogen (secondary N) is 1. The molecule has 2 amide bonds. The van der Waals surface area contributed by atoms with Gasteiger partial charge in [-0.15, -0.1) is 0 Å². The lowest BCUT2D eigenvalue weighted by molar-refractivity contribution is -0.140. The molecule has 13 heteroatoms. The highest BCUT2D eigenvalue weighted by molar-refractivity contribution is 9.10. The van der Waals surface area contributed by atoms with E-state index in [1.807, 2.05) is 25.1 Å². The molecule has 0 aromatic heterocycles. The number of hydrogen-bond donors (Lipinski definition) is 1. The molecule has 1 N–H and O–H groups in total. The van der Waals surface area contributed by atoms with Crippen molar-refractivity contribution in [3.63, 3.8) is 0 Å². The van der Waals surface area contributed by atoms with Crippen LogP contribution in [0.15, 0.2) is 106 Å². The van der Waals surface area contributed by atoms with Crippen molar-refractivity contribution in [1.29, 1.82) is 0 Å². The van der Waals surface area contributed by atoms with Gasteiger partial charge < -0.3 is 10.2 Å². The number of benzene rings is 4. The van der Waals surface area contributed by atoms with E-state index in [1.54, 1.807) is 55.5 Å². The second kappa shape index (κ2) is 16.0. The van der Waals surface area contributed by atoms with Gasteiger partial charge >= 0.3 is 6.18 Å². The molecule has 0 heterocycles. The van der Waals surface area contributed by atoms with Crippen LogP contribution in [0.1, 0.15) is 35.6 Å². The van der Waals surface area contributed by atoms with E-state index in [9.17, 15) is 31.2 Å². The van der Waals surface area contributed by atoms with Gasteiger partial charge in [0.1, 0.15) is 12.6 Å². The highest BCUT2D eigenvalue weighted by Crippen LogP contribution is 2.38. The summed E-state index contributed by atoms with van der Waals surface area (Å²) in [6.45, 7) is 2.98. The number of halogens is 5. The Hall–Kier alpha value is -3.87. The second-order valence-corrected chi connectivity index (χ2v) is 14.3. The fourth-order valence-corrected chi connectivity index (χ4v) is 6.85. The summed E-state index contributed by atoms with van der Waals surface area (Å²) in [5, 5.41) is 2.22. The number of rotatable bonds is 13. The first kappa shape index (κ1) is 37.0. The van der Waals surface area contributed by atoms with Crippen LogP contribution in [0.3, 0.4) is 0 Å². The molecular formula is C35H34BrClF3N3O4S. The zero-order valence-electron chi connectivity index (χ0n) is 26.2. The summed E-state index contributed by atoms with van der Waals surface area (Å²) in [5.74, 6) is -1.25. The Labute approximate surface area is 291 Å². The molecule has 0 fully saturated rings. The predicted molar refractivity (Wildman–Crippen MR) is 184 cm³/mol. The molecule has 4 rings (SSSR count). The summed E-state index contributed by atoms with van der Waals surface area (Å²) in [6, 6.07) is 23.4. The number of nitrogens with zero attached hydrogens (tertiary/aromatic N) is 2. The van der Waals surface area contributed by atoms with Gasteiger partial charge in [-0.3, -0.25) is 13.9 Å². The minimum atomic E-state index is -4.90. The number of hydrogen-bond acceptors (Lipinski definition) is 4. The van der Waals surface area contributed by atoms with E-state index < -0.39 is 56.9 Å². The fraction of sp³-hybridized carbons (Fsp3) is 0.257. The van der Waals surface area contributed by atoms with E-state index in [2.05, 4.69) is 21.2 Å². The summed E-state index contributed by atoms with van der Waals surface area (Å²) in [4.78, 5) is 29.2. The Bertz CT molecular complexity index is 1830. The highest BCUT2D eigenvalue weighted by atomic mass is 79.9. The van der Waals surface area contributed by atoms with Crippen LogP contribution >= 0.6 is 27.5 Å². The quantitative estimate of drug-likeness (QED) is 0.151. The van der Waals surface area contributed by atoms with Crippen molar-refractivity contribution in [2.45, 2.75) is 50.3 Å². The summed E-state index contributed by atoms with van der Waals surface area (Å²) in [7, 11) is -4.60. The van der Waals surface area contributed by atoms with Crippen LogP contribution in [0.25, 0.3) is 0 Å². The molecule has 0 saturated heterocycles. The molecule has 0 saturated carbocycles. The number of anilines is 1. The lowest BCUT2D eigenvalue weighted by Gasteiger charge is -2.34. The number of amides is 2. The van der Waals surface area contributed by atoms with Gasteiger partial charge in [-0.1, -0.05) is 94.6 Å². The molecule has 4 aromatic rings. The van der Waals surface area contributed by atoms with E-state index >= 15 is 0 Å². The van der Waals surface area contributed by atoms with Crippen LogP contribution in [-0.4, -0.2) is 44.3 Å². The minimum absolute atomic E-state index is 0.0873. The first-order chi connectivity index (χ1) is 22.7. The summed E-state index contributed by atoms with van der Waals surface area (Å²) in [5.41, 5.74) is 0.473. The molecule has 4 aromatic carbocycles. The van der Waals surface area contributed by atoms with Crippen molar-refractivity contribution in [2.75, 3.05) is 17.4 Å². The lowest BCUT2D eigenvalue weighted by atomic mass is 10.0. The zero-order chi connectivity index (χ0) is 35.1. The third-order valence-corrected chi connectivity index (χ3v) is 10.2. The zero-order valence-corrected chi connectivity index (χ0v) is 29.3. The third kappa shape index (κ3) is 9.39. The van der Waals surface area contributed by atoms with Gasteiger partial charge in [0.15, 0.2) is 0 Å². The molecule has 0 bridgehead atoms. The van der Waals surface area contributed by atoms with Crippen molar-refractivity contribution in [2.24, 2.45) is 0 Å². The first-order valence-corrected chi connectivity index (χ1v) is 17.6. The average molecular weight is 765 g/mol. The van der Waals surface area contributed by atoms with Crippen molar-refractivity contribution in [3.8, 4) is 0 Å². The summed E-state index contributed by atoms with van der Waals surface area (Å²) < 4.78 is 71.5. The lowest BCUT2D eigenvalue weighted by Crippen LogP contribution is -2.53. The van der Waals surface area contributed by atoms with Gasteiger partial charge in [0.25, 0.3) is 10.0 Å².